The summed E-state index contributed by atoms with van der Waals surface area (Å²) < 4.78 is 3.50. The number of carbonyl (C=O) groups excluding carboxylic acids is 1. The highest BCUT2D eigenvalue weighted by molar-refractivity contribution is 6.53. The number of halogens is 4. The van der Waals surface area contributed by atoms with Gasteiger partial charge in [0.15, 0.2) is 0 Å². The van der Waals surface area contributed by atoms with E-state index in [1.54, 1.807) is 18.2 Å². The topological polar surface area (TPSA) is 26.3 Å². The minimum absolute atomic E-state index is 0.338. The van der Waals surface area contributed by atoms with Crippen LogP contribution in [0, 0.1) is 5.92 Å². The van der Waals surface area contributed by atoms with Gasteiger partial charge in [-0.3, -0.25) is 4.79 Å². The first-order valence-corrected chi connectivity index (χ1v) is 6.30. The van der Waals surface area contributed by atoms with Crippen molar-refractivity contribution in [2.75, 3.05) is 7.11 Å². The van der Waals surface area contributed by atoms with Gasteiger partial charge in [0.1, 0.15) is 10.3 Å². The Bertz CT molecular complexity index is 452. The summed E-state index contributed by atoms with van der Waals surface area (Å²) in [6.45, 7) is 0. The van der Waals surface area contributed by atoms with Crippen molar-refractivity contribution in [3.05, 3.63) is 33.8 Å². The number of ether oxygens (including phenoxy) is 1. The molecule has 0 amide bonds. The van der Waals surface area contributed by atoms with Crippen molar-refractivity contribution in [2.24, 2.45) is 5.92 Å². The fourth-order valence-corrected chi connectivity index (χ4v) is 3.27. The van der Waals surface area contributed by atoms with Crippen LogP contribution >= 0.6 is 46.4 Å². The standard InChI is InChI=1S/C11H8Cl4O2/c1-17-10(16)9-8(11(9,14)15)5-2-6(12)4-7(13)3-5/h2-4,8-9H,1H3/t8-,9+/m1/s1. The van der Waals surface area contributed by atoms with Crippen LogP contribution in [0.2, 0.25) is 10.0 Å². The molecule has 0 aliphatic heterocycles. The quantitative estimate of drug-likeness (QED) is 0.608. The van der Waals surface area contributed by atoms with Crippen molar-refractivity contribution >= 4 is 52.4 Å². The summed E-state index contributed by atoms with van der Waals surface area (Å²) in [5, 5.41) is 0.958. The predicted molar refractivity (Wildman–Crippen MR) is 69.1 cm³/mol. The molecule has 6 heteroatoms. The van der Waals surface area contributed by atoms with Gasteiger partial charge >= 0.3 is 5.97 Å². The molecular formula is C11H8Cl4O2. The summed E-state index contributed by atoms with van der Waals surface area (Å²) in [6.07, 6.45) is 0. The lowest BCUT2D eigenvalue weighted by molar-refractivity contribution is -0.142. The van der Waals surface area contributed by atoms with E-state index in [-0.39, 0.29) is 5.92 Å². The van der Waals surface area contributed by atoms with Crippen molar-refractivity contribution in [3.63, 3.8) is 0 Å². The minimum atomic E-state index is -1.15. The highest BCUT2D eigenvalue weighted by atomic mass is 35.5. The van der Waals surface area contributed by atoms with E-state index in [0.717, 1.165) is 5.56 Å². The van der Waals surface area contributed by atoms with Crippen molar-refractivity contribution in [2.45, 2.75) is 10.3 Å². The zero-order chi connectivity index (χ0) is 12.8. The fraction of sp³-hybridized carbons (Fsp3) is 0.364. The molecule has 0 heterocycles. The largest absolute Gasteiger partial charge is 0.469 e. The Morgan fingerprint density at radius 2 is 1.76 bits per heavy atom. The second kappa shape index (κ2) is 4.51. The first-order chi connectivity index (χ1) is 7.87. The molecule has 0 saturated heterocycles. The molecule has 1 aromatic rings. The molecule has 0 bridgehead atoms. The summed E-state index contributed by atoms with van der Waals surface area (Å²) in [7, 11) is 1.30. The maximum absolute atomic E-state index is 11.5. The second-order valence-electron chi connectivity index (χ2n) is 3.86. The van der Waals surface area contributed by atoms with E-state index in [1.807, 2.05) is 0 Å². The molecule has 1 aliphatic rings. The number of alkyl halides is 2. The molecule has 1 saturated carbocycles. The van der Waals surface area contributed by atoms with Gasteiger partial charge < -0.3 is 4.74 Å². The summed E-state index contributed by atoms with van der Waals surface area (Å²) in [5.74, 6) is -1.35. The average Bonchev–Trinajstić information content (AvgIpc) is 2.79. The van der Waals surface area contributed by atoms with Crippen LogP contribution in [0.3, 0.4) is 0 Å². The van der Waals surface area contributed by atoms with Gasteiger partial charge in [-0.05, 0) is 23.8 Å². The first-order valence-electron chi connectivity index (χ1n) is 4.79. The molecule has 0 unspecified atom stereocenters. The van der Waals surface area contributed by atoms with Gasteiger partial charge in [-0.2, -0.15) is 0 Å². The monoisotopic (exact) mass is 312 g/mol. The van der Waals surface area contributed by atoms with E-state index in [4.69, 9.17) is 46.4 Å². The smallest absolute Gasteiger partial charge is 0.312 e. The molecule has 17 heavy (non-hydrogen) atoms. The van der Waals surface area contributed by atoms with Crippen LogP contribution in [-0.4, -0.2) is 17.4 Å². The molecule has 92 valence electrons. The Balaban J connectivity index is 2.33. The zero-order valence-corrected chi connectivity index (χ0v) is 11.7. The maximum Gasteiger partial charge on any atom is 0.312 e. The molecule has 0 spiro atoms. The van der Waals surface area contributed by atoms with Crippen LogP contribution in [-0.2, 0) is 9.53 Å². The molecule has 2 nitrogen and oxygen atoms in total. The SMILES string of the molecule is COC(=O)[C@@H]1[C@@H](c2cc(Cl)cc(Cl)c2)C1(Cl)Cl. The zero-order valence-electron chi connectivity index (χ0n) is 8.72. The Kier molecular flexibility index (Phi) is 3.52. The summed E-state index contributed by atoms with van der Waals surface area (Å²) >= 11 is 23.9. The van der Waals surface area contributed by atoms with Gasteiger partial charge in [0.2, 0.25) is 0 Å². The number of methoxy groups -OCH3 is 1. The summed E-state index contributed by atoms with van der Waals surface area (Å²) in [5.41, 5.74) is 0.739. The fourth-order valence-electron chi connectivity index (χ4n) is 1.92. The number of carbonyl (C=O) groups is 1. The number of hydrogen-bond donors (Lipinski definition) is 0. The molecular weight excluding hydrogens is 306 g/mol. The molecule has 1 aromatic carbocycles. The van der Waals surface area contributed by atoms with E-state index < -0.39 is 16.2 Å². The molecule has 1 fully saturated rings. The van der Waals surface area contributed by atoms with E-state index in [1.165, 1.54) is 7.11 Å². The third-order valence-electron chi connectivity index (χ3n) is 2.75. The highest BCUT2D eigenvalue weighted by Crippen LogP contribution is 2.65. The lowest BCUT2D eigenvalue weighted by Crippen LogP contribution is -2.07. The van der Waals surface area contributed by atoms with Crippen LogP contribution in [0.25, 0.3) is 0 Å². The Morgan fingerprint density at radius 1 is 1.24 bits per heavy atom. The number of rotatable bonds is 2. The van der Waals surface area contributed by atoms with Gasteiger partial charge in [0, 0.05) is 16.0 Å². The summed E-state index contributed by atoms with van der Waals surface area (Å²) in [4.78, 5) is 11.5. The van der Waals surface area contributed by atoms with Crippen LogP contribution < -0.4 is 0 Å². The maximum atomic E-state index is 11.5. The van der Waals surface area contributed by atoms with E-state index >= 15 is 0 Å². The van der Waals surface area contributed by atoms with Gasteiger partial charge in [-0.25, -0.2) is 0 Å². The van der Waals surface area contributed by atoms with E-state index in [0.29, 0.717) is 10.0 Å². The Hall–Kier alpha value is -0.150. The van der Waals surface area contributed by atoms with Gasteiger partial charge in [-0.1, -0.05) is 46.4 Å². The molecule has 0 aromatic heterocycles. The normalized spacial score (nSPS) is 25.5. The van der Waals surface area contributed by atoms with E-state index in [9.17, 15) is 4.79 Å². The lowest BCUT2D eigenvalue weighted by Gasteiger charge is -2.02. The third kappa shape index (κ3) is 2.37. The van der Waals surface area contributed by atoms with Crippen LogP contribution in [0.1, 0.15) is 11.5 Å². The number of benzene rings is 1. The van der Waals surface area contributed by atoms with Crippen molar-refractivity contribution < 1.29 is 9.53 Å². The first kappa shape index (κ1) is 13.3. The number of esters is 1. The second-order valence-corrected chi connectivity index (χ2v) is 6.17. The van der Waals surface area contributed by atoms with E-state index in [2.05, 4.69) is 4.74 Å². The molecule has 2 atom stereocenters. The Labute approximate surface area is 119 Å². The highest BCUT2D eigenvalue weighted by Gasteiger charge is 2.68. The average molecular weight is 314 g/mol. The molecule has 0 radical (unpaired) electrons. The van der Waals surface area contributed by atoms with Crippen LogP contribution in [0.5, 0.6) is 0 Å². The van der Waals surface area contributed by atoms with Crippen LogP contribution in [0.15, 0.2) is 18.2 Å². The molecule has 1 aliphatic carbocycles. The molecule has 2 rings (SSSR count). The Morgan fingerprint density at radius 3 is 2.24 bits per heavy atom. The van der Waals surface area contributed by atoms with Crippen molar-refractivity contribution in [1.82, 2.24) is 0 Å². The lowest BCUT2D eigenvalue weighted by atomic mass is 10.1. The van der Waals surface area contributed by atoms with Crippen molar-refractivity contribution in [3.8, 4) is 0 Å². The predicted octanol–water partition coefficient (Wildman–Crippen LogP) is 4.05. The van der Waals surface area contributed by atoms with Crippen molar-refractivity contribution in [1.29, 1.82) is 0 Å². The molecule has 0 N–H and O–H groups in total. The number of hydrogen-bond acceptors (Lipinski definition) is 2. The van der Waals surface area contributed by atoms with Gasteiger partial charge in [-0.15, -0.1) is 0 Å². The van der Waals surface area contributed by atoms with Gasteiger partial charge in [0.25, 0.3) is 0 Å². The van der Waals surface area contributed by atoms with Crippen LogP contribution in [0.4, 0.5) is 0 Å². The minimum Gasteiger partial charge on any atom is -0.469 e. The third-order valence-corrected chi connectivity index (χ3v) is 4.13. The summed E-state index contributed by atoms with van der Waals surface area (Å²) in [6, 6.07) is 4.99. The van der Waals surface area contributed by atoms with Gasteiger partial charge in [0.05, 0.1) is 7.11 Å².